The van der Waals surface area contributed by atoms with Gasteiger partial charge in [0.05, 0.1) is 5.69 Å². The van der Waals surface area contributed by atoms with E-state index in [0.717, 1.165) is 31.9 Å². The topological polar surface area (TPSA) is 41.4 Å². The van der Waals surface area contributed by atoms with E-state index >= 15 is 0 Å². The molecule has 1 saturated heterocycles. The Hall–Kier alpha value is -2.14. The Balaban J connectivity index is 1.68. The van der Waals surface area contributed by atoms with Crippen molar-refractivity contribution in [2.45, 2.75) is 19.9 Å². The van der Waals surface area contributed by atoms with E-state index < -0.39 is 0 Å². The molecule has 22 heavy (non-hydrogen) atoms. The third-order valence-electron chi connectivity index (χ3n) is 4.16. The van der Waals surface area contributed by atoms with E-state index in [-0.39, 0.29) is 5.91 Å². The molecule has 1 amide bonds. The van der Waals surface area contributed by atoms with Crippen LogP contribution >= 0.6 is 0 Å². The van der Waals surface area contributed by atoms with E-state index in [2.05, 4.69) is 23.8 Å². The minimum Gasteiger partial charge on any atom is -0.335 e. The summed E-state index contributed by atoms with van der Waals surface area (Å²) < 4.78 is 1.75. The molecule has 5 nitrogen and oxygen atoms in total. The third-order valence-corrected chi connectivity index (χ3v) is 4.16. The molecule has 0 N–H and O–H groups in total. The summed E-state index contributed by atoms with van der Waals surface area (Å²) in [5, 5.41) is 4.42. The zero-order valence-corrected chi connectivity index (χ0v) is 13.1. The number of aromatic nitrogens is 2. The summed E-state index contributed by atoms with van der Waals surface area (Å²) in [6, 6.07) is 12.2. The second-order valence-electron chi connectivity index (χ2n) is 5.90. The van der Waals surface area contributed by atoms with Crippen molar-refractivity contribution in [2.24, 2.45) is 0 Å². The van der Waals surface area contributed by atoms with Crippen LogP contribution in [-0.2, 0) is 0 Å². The fourth-order valence-electron chi connectivity index (χ4n) is 2.77. The molecule has 2 aromatic rings. The number of hydrogen-bond donors (Lipinski definition) is 0. The molecular formula is C17H22N4O. The van der Waals surface area contributed by atoms with Crippen LogP contribution in [0.5, 0.6) is 0 Å². The van der Waals surface area contributed by atoms with Crippen LogP contribution in [0.4, 0.5) is 0 Å². The highest BCUT2D eigenvalue weighted by Gasteiger charge is 2.24. The lowest BCUT2D eigenvalue weighted by molar-refractivity contribution is 0.0589. The molecule has 0 spiro atoms. The van der Waals surface area contributed by atoms with Gasteiger partial charge in [-0.2, -0.15) is 5.10 Å². The molecule has 1 aromatic carbocycles. The minimum atomic E-state index is 0.0260. The zero-order chi connectivity index (χ0) is 15.5. The van der Waals surface area contributed by atoms with Gasteiger partial charge in [-0.15, -0.1) is 0 Å². The highest BCUT2D eigenvalue weighted by atomic mass is 16.2. The lowest BCUT2D eigenvalue weighted by Crippen LogP contribution is -2.50. The van der Waals surface area contributed by atoms with Crippen LogP contribution < -0.4 is 0 Å². The Kier molecular flexibility index (Phi) is 4.24. The van der Waals surface area contributed by atoms with Gasteiger partial charge in [0.25, 0.3) is 5.91 Å². The van der Waals surface area contributed by atoms with Crippen LogP contribution in [0, 0.1) is 0 Å². The number of hydrogen-bond acceptors (Lipinski definition) is 3. The summed E-state index contributed by atoms with van der Waals surface area (Å²) in [4.78, 5) is 16.8. The summed E-state index contributed by atoms with van der Waals surface area (Å²) in [5.74, 6) is 0.0260. The van der Waals surface area contributed by atoms with Gasteiger partial charge < -0.3 is 4.90 Å². The average Bonchev–Trinajstić information content (AvgIpc) is 3.05. The number of benzene rings is 1. The molecule has 0 bridgehead atoms. The van der Waals surface area contributed by atoms with E-state index in [9.17, 15) is 4.79 Å². The molecule has 116 valence electrons. The van der Waals surface area contributed by atoms with Crippen molar-refractivity contribution in [3.63, 3.8) is 0 Å². The Labute approximate surface area is 131 Å². The largest absolute Gasteiger partial charge is 0.335 e. The molecule has 1 fully saturated rings. The summed E-state index contributed by atoms with van der Waals surface area (Å²) in [6.45, 7) is 7.80. The van der Waals surface area contributed by atoms with Crippen LogP contribution in [0.3, 0.4) is 0 Å². The van der Waals surface area contributed by atoms with E-state index in [4.69, 9.17) is 0 Å². The lowest BCUT2D eigenvalue weighted by atomic mass is 10.2. The van der Waals surface area contributed by atoms with Crippen LogP contribution in [-0.4, -0.2) is 57.7 Å². The maximum absolute atomic E-state index is 12.6. The SMILES string of the molecule is CC(C)N1CCN(C(=O)c2ccn(-c3ccccc3)n2)CC1. The molecule has 0 saturated carbocycles. The second kappa shape index (κ2) is 6.32. The summed E-state index contributed by atoms with van der Waals surface area (Å²) in [7, 11) is 0. The lowest BCUT2D eigenvalue weighted by Gasteiger charge is -2.36. The van der Waals surface area contributed by atoms with Crippen LogP contribution in [0.1, 0.15) is 24.3 Å². The highest BCUT2D eigenvalue weighted by Crippen LogP contribution is 2.11. The first-order chi connectivity index (χ1) is 10.6. The van der Waals surface area contributed by atoms with E-state index in [1.807, 2.05) is 41.4 Å². The van der Waals surface area contributed by atoms with Crippen molar-refractivity contribution < 1.29 is 4.79 Å². The fraction of sp³-hybridized carbons (Fsp3) is 0.412. The average molecular weight is 298 g/mol. The monoisotopic (exact) mass is 298 g/mol. The predicted octanol–water partition coefficient (Wildman–Crippen LogP) is 2.04. The number of amides is 1. The molecule has 0 aliphatic carbocycles. The van der Waals surface area contributed by atoms with Gasteiger partial charge in [0, 0.05) is 38.4 Å². The van der Waals surface area contributed by atoms with Gasteiger partial charge in [-0.3, -0.25) is 9.69 Å². The van der Waals surface area contributed by atoms with Gasteiger partial charge in [0.15, 0.2) is 5.69 Å². The van der Waals surface area contributed by atoms with E-state index in [0.29, 0.717) is 11.7 Å². The molecule has 1 aliphatic rings. The number of rotatable bonds is 3. The van der Waals surface area contributed by atoms with Crippen molar-refractivity contribution in [3.05, 3.63) is 48.3 Å². The summed E-state index contributed by atoms with van der Waals surface area (Å²) >= 11 is 0. The molecule has 1 aromatic heterocycles. The Morgan fingerprint density at radius 2 is 1.73 bits per heavy atom. The fourth-order valence-corrected chi connectivity index (χ4v) is 2.77. The van der Waals surface area contributed by atoms with Crippen LogP contribution in [0.15, 0.2) is 42.6 Å². The maximum Gasteiger partial charge on any atom is 0.274 e. The van der Waals surface area contributed by atoms with Gasteiger partial charge in [-0.05, 0) is 32.0 Å². The summed E-state index contributed by atoms with van der Waals surface area (Å²) in [5.41, 5.74) is 1.48. The van der Waals surface area contributed by atoms with Gasteiger partial charge in [0.2, 0.25) is 0 Å². The molecule has 1 aliphatic heterocycles. The van der Waals surface area contributed by atoms with Crippen LogP contribution in [0.25, 0.3) is 5.69 Å². The smallest absolute Gasteiger partial charge is 0.274 e. The van der Waals surface area contributed by atoms with Crippen molar-refractivity contribution in [2.75, 3.05) is 26.2 Å². The number of carbonyl (C=O) groups is 1. The normalized spacial score (nSPS) is 16.2. The first kappa shape index (κ1) is 14.8. The van der Waals surface area contributed by atoms with Crippen LogP contribution in [0.2, 0.25) is 0 Å². The Morgan fingerprint density at radius 1 is 1.05 bits per heavy atom. The minimum absolute atomic E-state index is 0.0260. The number of piperazine rings is 1. The molecular weight excluding hydrogens is 276 g/mol. The van der Waals surface area contributed by atoms with E-state index in [1.165, 1.54) is 0 Å². The van der Waals surface area contributed by atoms with Gasteiger partial charge in [-0.25, -0.2) is 4.68 Å². The van der Waals surface area contributed by atoms with Gasteiger partial charge in [0.1, 0.15) is 0 Å². The first-order valence-electron chi connectivity index (χ1n) is 7.79. The van der Waals surface area contributed by atoms with Crippen molar-refractivity contribution in [1.29, 1.82) is 0 Å². The number of para-hydroxylation sites is 1. The molecule has 5 heteroatoms. The highest BCUT2D eigenvalue weighted by molar-refractivity contribution is 5.92. The number of carbonyl (C=O) groups excluding carboxylic acids is 1. The van der Waals surface area contributed by atoms with Crippen molar-refractivity contribution in [1.82, 2.24) is 19.6 Å². The van der Waals surface area contributed by atoms with E-state index in [1.54, 1.807) is 10.7 Å². The van der Waals surface area contributed by atoms with Crippen molar-refractivity contribution in [3.8, 4) is 5.69 Å². The molecule has 0 radical (unpaired) electrons. The third kappa shape index (κ3) is 3.04. The maximum atomic E-state index is 12.6. The Bertz CT molecular complexity index is 627. The predicted molar refractivity (Wildman–Crippen MR) is 86.2 cm³/mol. The first-order valence-corrected chi connectivity index (χ1v) is 7.79. The molecule has 0 unspecified atom stereocenters. The standard InChI is InChI=1S/C17H22N4O/c1-14(2)19-10-12-20(13-11-19)17(22)16-8-9-21(18-16)15-6-4-3-5-7-15/h3-9,14H,10-13H2,1-2H3. The zero-order valence-electron chi connectivity index (χ0n) is 13.1. The van der Waals surface area contributed by atoms with Gasteiger partial charge >= 0.3 is 0 Å². The quantitative estimate of drug-likeness (QED) is 0.871. The molecule has 2 heterocycles. The van der Waals surface area contributed by atoms with Gasteiger partial charge in [-0.1, -0.05) is 18.2 Å². The molecule has 0 atom stereocenters. The number of nitrogens with zero attached hydrogens (tertiary/aromatic N) is 4. The summed E-state index contributed by atoms with van der Waals surface area (Å²) in [6.07, 6.45) is 1.84. The molecule has 3 rings (SSSR count). The van der Waals surface area contributed by atoms with Crippen molar-refractivity contribution >= 4 is 5.91 Å². The second-order valence-corrected chi connectivity index (χ2v) is 5.90. The Morgan fingerprint density at radius 3 is 2.36 bits per heavy atom.